The predicted molar refractivity (Wildman–Crippen MR) is 119 cm³/mol. The molecule has 3 aliphatic rings. The van der Waals surface area contributed by atoms with Crippen LogP contribution in [0, 0.1) is 0 Å². The summed E-state index contributed by atoms with van der Waals surface area (Å²) in [5, 5.41) is 7.66. The fourth-order valence-corrected chi connectivity index (χ4v) is 7.31. The van der Waals surface area contributed by atoms with Crippen molar-refractivity contribution in [3.63, 3.8) is 0 Å². The zero-order valence-corrected chi connectivity index (χ0v) is 18.8. The van der Waals surface area contributed by atoms with Crippen LogP contribution >= 0.6 is 11.8 Å². The van der Waals surface area contributed by atoms with Gasteiger partial charge in [-0.05, 0) is 32.1 Å². The van der Waals surface area contributed by atoms with Gasteiger partial charge in [0.05, 0.1) is 0 Å². The number of nitrogens with one attached hydrogen (secondary N) is 2. The third kappa shape index (κ3) is 5.63. The first-order valence-corrected chi connectivity index (χ1v) is 13.4. The Morgan fingerprint density at radius 2 is 1.96 bits per heavy atom. The van der Waals surface area contributed by atoms with E-state index < -0.39 is 10.8 Å². The van der Waals surface area contributed by atoms with Gasteiger partial charge in [0.15, 0.2) is 5.96 Å². The maximum atomic E-state index is 12.2. The molecule has 3 fully saturated rings. The Morgan fingerprint density at radius 1 is 1.22 bits per heavy atom. The molecule has 0 aromatic rings. The van der Waals surface area contributed by atoms with Crippen molar-refractivity contribution in [2.24, 2.45) is 4.99 Å². The smallest absolute Gasteiger partial charge is 0.191 e. The topological polar surface area (TPSA) is 56.7 Å². The van der Waals surface area contributed by atoms with Gasteiger partial charge in [0.25, 0.3) is 0 Å². The SMILES string of the molecule is CCS(=O)C1CCCC(NC(=NC)NCC2(N3CCSCC3)CCCC2)C1. The highest BCUT2D eigenvalue weighted by atomic mass is 32.2. The maximum absolute atomic E-state index is 12.2. The van der Waals surface area contributed by atoms with Gasteiger partial charge in [0.2, 0.25) is 0 Å². The molecule has 1 saturated heterocycles. The monoisotopic (exact) mass is 414 g/mol. The first-order chi connectivity index (χ1) is 13.2. The van der Waals surface area contributed by atoms with Gasteiger partial charge in [0.1, 0.15) is 0 Å². The van der Waals surface area contributed by atoms with Crippen molar-refractivity contribution in [1.82, 2.24) is 15.5 Å². The summed E-state index contributed by atoms with van der Waals surface area (Å²) in [7, 11) is 1.20. The van der Waals surface area contributed by atoms with Crippen molar-refractivity contribution in [1.29, 1.82) is 0 Å². The molecule has 3 rings (SSSR count). The van der Waals surface area contributed by atoms with E-state index in [9.17, 15) is 4.21 Å². The molecule has 2 N–H and O–H groups in total. The zero-order chi connectivity index (χ0) is 19.1. The lowest BCUT2D eigenvalue weighted by Crippen LogP contribution is -2.58. The molecular weight excluding hydrogens is 376 g/mol. The van der Waals surface area contributed by atoms with Crippen LogP contribution in [0.4, 0.5) is 0 Å². The van der Waals surface area contributed by atoms with E-state index in [1.54, 1.807) is 0 Å². The molecule has 1 aliphatic heterocycles. The predicted octanol–water partition coefficient (Wildman–Crippen LogP) is 2.59. The summed E-state index contributed by atoms with van der Waals surface area (Å²) in [4.78, 5) is 7.25. The molecule has 1 heterocycles. The first kappa shape index (κ1) is 21.4. The summed E-state index contributed by atoms with van der Waals surface area (Å²) in [6.45, 7) is 5.49. The van der Waals surface area contributed by atoms with Crippen molar-refractivity contribution >= 4 is 28.5 Å². The minimum atomic E-state index is -0.676. The van der Waals surface area contributed by atoms with Crippen molar-refractivity contribution in [3.05, 3.63) is 0 Å². The Balaban J connectivity index is 1.54. The van der Waals surface area contributed by atoms with Crippen molar-refractivity contribution in [2.45, 2.75) is 75.1 Å². The molecule has 27 heavy (non-hydrogen) atoms. The van der Waals surface area contributed by atoms with Crippen LogP contribution in [0.5, 0.6) is 0 Å². The van der Waals surface area contributed by atoms with E-state index in [1.165, 1.54) is 56.7 Å². The molecule has 0 radical (unpaired) electrons. The van der Waals surface area contributed by atoms with Crippen LogP contribution < -0.4 is 10.6 Å². The first-order valence-electron chi connectivity index (χ1n) is 10.8. The fraction of sp³-hybridized carbons (Fsp3) is 0.950. The molecule has 0 aromatic heterocycles. The van der Waals surface area contributed by atoms with Gasteiger partial charge < -0.3 is 10.6 Å². The van der Waals surface area contributed by atoms with E-state index in [0.29, 0.717) is 16.8 Å². The van der Waals surface area contributed by atoms with Gasteiger partial charge in [-0.15, -0.1) is 0 Å². The lowest BCUT2D eigenvalue weighted by molar-refractivity contribution is 0.107. The Bertz CT molecular complexity index is 516. The van der Waals surface area contributed by atoms with Crippen molar-refractivity contribution < 1.29 is 4.21 Å². The van der Waals surface area contributed by atoms with Crippen LogP contribution in [-0.2, 0) is 10.8 Å². The summed E-state index contributed by atoms with van der Waals surface area (Å²) < 4.78 is 12.2. The fourth-order valence-electron chi connectivity index (χ4n) is 5.06. The molecule has 3 atom stereocenters. The van der Waals surface area contributed by atoms with Crippen LogP contribution in [0.1, 0.15) is 58.3 Å². The molecule has 2 aliphatic carbocycles. The third-order valence-electron chi connectivity index (χ3n) is 6.65. The lowest BCUT2D eigenvalue weighted by Gasteiger charge is -2.44. The number of thioether (sulfide) groups is 1. The highest BCUT2D eigenvalue weighted by Gasteiger charge is 2.40. The van der Waals surface area contributed by atoms with E-state index in [2.05, 4.69) is 32.3 Å². The summed E-state index contributed by atoms with van der Waals surface area (Å²) in [5.41, 5.74) is 0.317. The highest BCUT2D eigenvalue weighted by molar-refractivity contribution is 7.99. The molecule has 2 saturated carbocycles. The second kappa shape index (κ2) is 10.5. The Morgan fingerprint density at radius 3 is 2.63 bits per heavy atom. The van der Waals surface area contributed by atoms with Gasteiger partial charge in [-0.25, -0.2) is 0 Å². The number of aliphatic imine (C=N–C) groups is 1. The summed E-state index contributed by atoms with van der Waals surface area (Å²) in [5.74, 6) is 4.25. The van der Waals surface area contributed by atoms with Crippen molar-refractivity contribution in [3.8, 4) is 0 Å². The average molecular weight is 415 g/mol. The van der Waals surface area contributed by atoms with Crippen molar-refractivity contribution in [2.75, 3.05) is 43.9 Å². The van der Waals surface area contributed by atoms with Crippen LogP contribution in [0.3, 0.4) is 0 Å². The van der Waals surface area contributed by atoms with Crippen LogP contribution in [-0.4, -0.2) is 75.8 Å². The van der Waals surface area contributed by atoms with Gasteiger partial charge in [-0.3, -0.25) is 14.1 Å². The second-order valence-corrected chi connectivity index (χ2v) is 11.5. The molecule has 0 bridgehead atoms. The normalized spacial score (nSPS) is 30.8. The van der Waals surface area contributed by atoms with E-state index >= 15 is 0 Å². The summed E-state index contributed by atoms with van der Waals surface area (Å²) >= 11 is 2.09. The second-order valence-electron chi connectivity index (χ2n) is 8.26. The van der Waals surface area contributed by atoms with Crippen LogP contribution in [0.25, 0.3) is 0 Å². The number of nitrogens with zero attached hydrogens (tertiary/aromatic N) is 2. The molecule has 5 nitrogen and oxygen atoms in total. The highest BCUT2D eigenvalue weighted by Crippen LogP contribution is 2.36. The third-order valence-corrected chi connectivity index (χ3v) is 9.33. The van der Waals surface area contributed by atoms with Crippen LogP contribution in [0.2, 0.25) is 0 Å². The van der Waals surface area contributed by atoms with Gasteiger partial charge in [-0.2, -0.15) is 11.8 Å². The summed E-state index contributed by atoms with van der Waals surface area (Å²) in [6.07, 6.45) is 9.77. The number of rotatable bonds is 6. The minimum Gasteiger partial charge on any atom is -0.355 e. The van der Waals surface area contributed by atoms with Crippen LogP contribution in [0.15, 0.2) is 4.99 Å². The molecule has 7 heteroatoms. The number of hydrogen-bond donors (Lipinski definition) is 2. The van der Waals surface area contributed by atoms with Gasteiger partial charge >= 0.3 is 0 Å². The Hall–Kier alpha value is -0.270. The molecular formula is C20H38N4OS2. The quantitative estimate of drug-likeness (QED) is 0.517. The standard InChI is InChI=1S/C20H38N4OS2/c1-3-27(25)18-8-6-7-17(15-18)23-19(21-2)22-16-20(9-4-5-10-20)24-11-13-26-14-12-24/h17-18H,3-16H2,1-2H3,(H2,21,22,23). The Labute approximate surface area is 172 Å². The zero-order valence-electron chi connectivity index (χ0n) is 17.2. The Kier molecular flexibility index (Phi) is 8.33. The van der Waals surface area contributed by atoms with Gasteiger partial charge in [-0.1, -0.05) is 26.2 Å². The van der Waals surface area contributed by atoms with E-state index in [1.807, 2.05) is 14.0 Å². The van der Waals surface area contributed by atoms with Gasteiger partial charge in [0, 0.05) is 71.6 Å². The molecule has 156 valence electrons. The van der Waals surface area contributed by atoms with E-state index in [0.717, 1.165) is 37.5 Å². The minimum absolute atomic E-state index is 0.317. The molecule has 0 amide bonds. The number of guanidine groups is 1. The molecule has 0 aromatic carbocycles. The molecule has 0 spiro atoms. The maximum Gasteiger partial charge on any atom is 0.191 e. The van der Waals surface area contributed by atoms with E-state index in [-0.39, 0.29) is 0 Å². The largest absolute Gasteiger partial charge is 0.355 e. The number of hydrogen-bond acceptors (Lipinski definition) is 4. The summed E-state index contributed by atoms with van der Waals surface area (Å²) in [6, 6.07) is 0.399. The lowest BCUT2D eigenvalue weighted by atomic mass is 9.94. The van der Waals surface area contributed by atoms with E-state index in [4.69, 9.17) is 0 Å². The average Bonchev–Trinajstić information content (AvgIpc) is 3.21. The molecule has 3 unspecified atom stereocenters.